The minimum Gasteiger partial charge on any atom is -0.329 e. The lowest BCUT2D eigenvalue weighted by Crippen LogP contribution is -2.67. The van der Waals surface area contributed by atoms with Crippen LogP contribution in [0.1, 0.15) is 40.0 Å². The third-order valence-corrected chi connectivity index (χ3v) is 4.00. The van der Waals surface area contributed by atoms with Gasteiger partial charge in [-0.25, -0.2) is 0 Å². The fraction of sp³-hybridized carbons (Fsp3) is 0.733. The molecule has 2 amide bonds. The van der Waals surface area contributed by atoms with Gasteiger partial charge in [-0.3, -0.25) is 9.59 Å². The smallest absolute Gasteiger partial charge is 0.246 e. The molecule has 2 unspecified atom stereocenters. The number of piperazine rings is 1. The molecular weight excluding hydrogens is 240 g/mol. The van der Waals surface area contributed by atoms with Gasteiger partial charge in [0.25, 0.3) is 0 Å². The average Bonchev–Trinajstić information content (AvgIpc) is 2.40. The second kappa shape index (κ2) is 5.64. The van der Waals surface area contributed by atoms with E-state index in [-0.39, 0.29) is 29.8 Å². The summed E-state index contributed by atoms with van der Waals surface area (Å²) in [7, 11) is 0. The van der Waals surface area contributed by atoms with Crippen LogP contribution >= 0.6 is 0 Å². The summed E-state index contributed by atoms with van der Waals surface area (Å²) < 4.78 is 0. The minimum atomic E-state index is -0.345. The number of hydrogen-bond donors (Lipinski definition) is 0. The van der Waals surface area contributed by atoms with Crippen molar-refractivity contribution < 1.29 is 9.59 Å². The molecule has 2 fully saturated rings. The number of carbonyl (C=O) groups is 2. The summed E-state index contributed by atoms with van der Waals surface area (Å²) in [6, 6.07) is -0.586. The molecule has 19 heavy (non-hydrogen) atoms. The maximum absolute atomic E-state index is 12.6. The molecule has 0 aromatic carbocycles. The SMILES string of the molecule is CC#CCN1C(=O)C2CCCCN2C(=O)C1C(C)C. The summed E-state index contributed by atoms with van der Waals surface area (Å²) in [6.45, 7) is 6.84. The van der Waals surface area contributed by atoms with E-state index in [1.54, 1.807) is 16.7 Å². The van der Waals surface area contributed by atoms with E-state index in [0.29, 0.717) is 6.54 Å². The quantitative estimate of drug-likeness (QED) is 0.703. The van der Waals surface area contributed by atoms with Crippen molar-refractivity contribution in [1.82, 2.24) is 9.80 Å². The van der Waals surface area contributed by atoms with E-state index < -0.39 is 0 Å². The molecule has 2 heterocycles. The Morgan fingerprint density at radius 2 is 2.00 bits per heavy atom. The molecule has 0 spiro atoms. The zero-order valence-electron chi connectivity index (χ0n) is 12.0. The lowest BCUT2D eigenvalue weighted by Gasteiger charge is -2.47. The van der Waals surface area contributed by atoms with Gasteiger partial charge in [-0.15, -0.1) is 5.92 Å². The zero-order chi connectivity index (χ0) is 14.0. The third kappa shape index (κ3) is 2.47. The Hall–Kier alpha value is -1.50. The van der Waals surface area contributed by atoms with Gasteiger partial charge in [0.05, 0.1) is 6.54 Å². The molecule has 4 nitrogen and oxygen atoms in total. The molecule has 2 aliphatic rings. The summed E-state index contributed by atoms with van der Waals surface area (Å²) in [5, 5.41) is 0. The summed E-state index contributed by atoms with van der Waals surface area (Å²) in [5.41, 5.74) is 0. The van der Waals surface area contributed by atoms with Crippen LogP contribution in [0.25, 0.3) is 0 Å². The fourth-order valence-corrected chi connectivity index (χ4v) is 3.07. The second-order valence-corrected chi connectivity index (χ2v) is 5.62. The molecule has 0 aliphatic carbocycles. The van der Waals surface area contributed by atoms with Crippen LogP contribution in [-0.2, 0) is 9.59 Å². The summed E-state index contributed by atoms with van der Waals surface area (Å²) in [4.78, 5) is 28.7. The van der Waals surface area contributed by atoms with Crippen LogP contribution in [0.15, 0.2) is 0 Å². The molecule has 2 atom stereocenters. The van der Waals surface area contributed by atoms with E-state index >= 15 is 0 Å². The molecule has 0 aromatic heterocycles. The summed E-state index contributed by atoms with van der Waals surface area (Å²) >= 11 is 0. The highest BCUT2D eigenvalue weighted by molar-refractivity contribution is 5.97. The summed E-state index contributed by atoms with van der Waals surface area (Å²) in [5.74, 6) is 6.06. The predicted molar refractivity (Wildman–Crippen MR) is 73.1 cm³/mol. The van der Waals surface area contributed by atoms with Gasteiger partial charge in [0, 0.05) is 6.54 Å². The highest BCUT2D eigenvalue weighted by Gasteiger charge is 2.47. The van der Waals surface area contributed by atoms with Crippen molar-refractivity contribution in [2.24, 2.45) is 5.92 Å². The Kier molecular flexibility index (Phi) is 4.14. The first-order chi connectivity index (χ1) is 9.07. The average molecular weight is 262 g/mol. The van der Waals surface area contributed by atoms with Gasteiger partial charge in [0.2, 0.25) is 11.8 Å². The lowest BCUT2D eigenvalue weighted by atomic mass is 9.91. The molecule has 0 N–H and O–H groups in total. The van der Waals surface area contributed by atoms with Gasteiger partial charge in [-0.2, -0.15) is 0 Å². The van der Waals surface area contributed by atoms with E-state index in [2.05, 4.69) is 11.8 Å². The lowest BCUT2D eigenvalue weighted by molar-refractivity contribution is -0.164. The molecule has 4 heteroatoms. The van der Waals surface area contributed by atoms with Crippen molar-refractivity contribution in [2.45, 2.75) is 52.1 Å². The van der Waals surface area contributed by atoms with Crippen molar-refractivity contribution >= 4 is 11.8 Å². The standard InChI is InChI=1S/C15H22N2O2/c1-4-5-9-17-13(11(2)3)15(19)16-10-7-6-8-12(16)14(17)18/h11-13H,6-10H2,1-3H3. The van der Waals surface area contributed by atoms with Crippen molar-refractivity contribution in [3.63, 3.8) is 0 Å². The number of hydrogen-bond acceptors (Lipinski definition) is 2. The normalized spacial score (nSPS) is 27.2. The number of carbonyl (C=O) groups excluding carboxylic acids is 2. The Morgan fingerprint density at radius 3 is 2.63 bits per heavy atom. The molecule has 2 aliphatic heterocycles. The van der Waals surface area contributed by atoms with E-state index in [9.17, 15) is 9.59 Å². The number of nitrogens with zero attached hydrogens (tertiary/aromatic N) is 2. The van der Waals surface area contributed by atoms with E-state index in [1.807, 2.05) is 13.8 Å². The molecule has 0 radical (unpaired) electrons. The van der Waals surface area contributed by atoms with Crippen LogP contribution in [0.2, 0.25) is 0 Å². The first-order valence-electron chi connectivity index (χ1n) is 7.08. The predicted octanol–water partition coefficient (Wildman–Crippen LogP) is 1.26. The van der Waals surface area contributed by atoms with Crippen LogP contribution in [0.5, 0.6) is 0 Å². The van der Waals surface area contributed by atoms with E-state index in [0.717, 1.165) is 25.8 Å². The van der Waals surface area contributed by atoms with Crippen LogP contribution < -0.4 is 0 Å². The fourth-order valence-electron chi connectivity index (χ4n) is 3.07. The number of fused-ring (bicyclic) bond motifs is 1. The number of rotatable bonds is 2. The molecule has 2 saturated heterocycles. The van der Waals surface area contributed by atoms with Crippen LogP contribution in [0.4, 0.5) is 0 Å². The van der Waals surface area contributed by atoms with E-state index in [4.69, 9.17) is 0 Å². The van der Waals surface area contributed by atoms with Gasteiger partial charge in [-0.1, -0.05) is 19.8 Å². The Bertz CT molecular complexity index is 433. The van der Waals surface area contributed by atoms with Crippen molar-refractivity contribution in [3.05, 3.63) is 0 Å². The number of piperidine rings is 1. The maximum Gasteiger partial charge on any atom is 0.246 e. The van der Waals surface area contributed by atoms with Crippen molar-refractivity contribution in [1.29, 1.82) is 0 Å². The Balaban J connectivity index is 2.30. The molecule has 0 saturated carbocycles. The van der Waals surface area contributed by atoms with Gasteiger partial charge >= 0.3 is 0 Å². The molecule has 0 bridgehead atoms. The molecule has 104 valence electrons. The van der Waals surface area contributed by atoms with Crippen LogP contribution in [0.3, 0.4) is 0 Å². The molecular formula is C15H22N2O2. The molecule has 0 aromatic rings. The summed E-state index contributed by atoms with van der Waals surface area (Å²) in [6.07, 6.45) is 2.83. The van der Waals surface area contributed by atoms with Crippen molar-refractivity contribution in [2.75, 3.05) is 13.1 Å². The first-order valence-corrected chi connectivity index (χ1v) is 7.08. The topological polar surface area (TPSA) is 40.6 Å². The van der Waals surface area contributed by atoms with Gasteiger partial charge in [0.15, 0.2) is 0 Å². The highest BCUT2D eigenvalue weighted by atomic mass is 16.2. The second-order valence-electron chi connectivity index (χ2n) is 5.62. The van der Waals surface area contributed by atoms with Crippen LogP contribution in [0, 0.1) is 17.8 Å². The van der Waals surface area contributed by atoms with Gasteiger partial charge in [-0.05, 0) is 32.1 Å². The van der Waals surface area contributed by atoms with Crippen molar-refractivity contribution in [3.8, 4) is 11.8 Å². The monoisotopic (exact) mass is 262 g/mol. The largest absolute Gasteiger partial charge is 0.329 e. The van der Waals surface area contributed by atoms with Crippen LogP contribution in [-0.4, -0.2) is 46.8 Å². The highest BCUT2D eigenvalue weighted by Crippen LogP contribution is 2.28. The minimum absolute atomic E-state index is 0.0840. The first kappa shape index (κ1) is 13.9. The van der Waals surface area contributed by atoms with E-state index in [1.165, 1.54) is 0 Å². The number of amides is 2. The Labute approximate surface area is 115 Å². The van der Waals surface area contributed by atoms with Gasteiger partial charge in [0.1, 0.15) is 12.1 Å². The third-order valence-electron chi connectivity index (χ3n) is 4.00. The zero-order valence-corrected chi connectivity index (χ0v) is 12.0. The van der Waals surface area contributed by atoms with Gasteiger partial charge < -0.3 is 9.80 Å². The Morgan fingerprint density at radius 1 is 1.26 bits per heavy atom. The maximum atomic E-state index is 12.6. The molecule has 2 rings (SSSR count).